The number of amides is 3. The highest BCUT2D eigenvalue weighted by molar-refractivity contribution is 5.94. The van der Waals surface area contributed by atoms with E-state index >= 15 is 0 Å². The Morgan fingerprint density at radius 2 is 2.10 bits per heavy atom. The lowest BCUT2D eigenvalue weighted by Gasteiger charge is -2.07. The average Bonchev–Trinajstić information content (AvgIpc) is 2.87. The number of aryl methyl sites for hydroxylation is 1. The Hall–Kier alpha value is -2.49. The minimum absolute atomic E-state index is 0.00889. The van der Waals surface area contributed by atoms with Crippen LogP contribution in [0, 0.1) is 0 Å². The molecule has 0 aliphatic rings. The van der Waals surface area contributed by atoms with Gasteiger partial charge in [0.1, 0.15) is 0 Å². The van der Waals surface area contributed by atoms with Gasteiger partial charge in [0.25, 0.3) is 0 Å². The van der Waals surface area contributed by atoms with Crippen LogP contribution < -0.4 is 16.4 Å². The number of carbonyl (C=O) groups excluding carboxylic acids is 3. The number of carbonyl (C=O) groups is 3. The number of ether oxygens (including phenoxy) is 1. The summed E-state index contributed by atoms with van der Waals surface area (Å²) < 4.78 is 6.01. The summed E-state index contributed by atoms with van der Waals surface area (Å²) in [5.74, 6) is -1.08. The highest BCUT2D eigenvalue weighted by Crippen LogP contribution is 2.08. The lowest BCUT2D eigenvalue weighted by Crippen LogP contribution is -2.37. The van der Waals surface area contributed by atoms with Crippen LogP contribution in [0.25, 0.3) is 0 Å². The molecule has 0 spiro atoms. The van der Waals surface area contributed by atoms with Gasteiger partial charge in [-0.2, -0.15) is 0 Å². The van der Waals surface area contributed by atoms with Gasteiger partial charge in [-0.05, 0) is 6.54 Å². The molecule has 0 bridgehead atoms. The standard InChI is InChI=1S/C11H18N6O4/c1-13-11(20)14-8(18)4-6-17-7(3-5-12)9(15-16-17)10(19)21-2/h3-6,12H2,1-2H3,(H2,13,14,18,20). The second-order valence-corrected chi connectivity index (χ2v) is 4.02. The third-order valence-corrected chi connectivity index (χ3v) is 2.63. The molecule has 0 aromatic carbocycles. The molecule has 10 nitrogen and oxygen atoms in total. The number of nitrogens with one attached hydrogen (secondary N) is 2. The lowest BCUT2D eigenvalue weighted by atomic mass is 10.2. The number of nitrogens with zero attached hydrogens (tertiary/aromatic N) is 3. The van der Waals surface area contributed by atoms with E-state index in [0.29, 0.717) is 18.7 Å². The fraction of sp³-hybridized carbons (Fsp3) is 0.545. The smallest absolute Gasteiger partial charge is 0.360 e. The van der Waals surface area contributed by atoms with Crippen LogP contribution >= 0.6 is 0 Å². The Balaban J connectivity index is 2.74. The van der Waals surface area contributed by atoms with E-state index in [1.807, 2.05) is 0 Å². The zero-order valence-corrected chi connectivity index (χ0v) is 11.9. The molecule has 4 N–H and O–H groups in total. The SMILES string of the molecule is CNC(=O)NC(=O)CCn1nnc(C(=O)OC)c1CCN. The van der Waals surface area contributed by atoms with Crippen LogP contribution in [0.15, 0.2) is 0 Å². The van der Waals surface area contributed by atoms with Crippen molar-refractivity contribution in [3.63, 3.8) is 0 Å². The lowest BCUT2D eigenvalue weighted by molar-refractivity contribution is -0.120. The molecule has 3 amide bonds. The molecule has 0 atom stereocenters. The van der Waals surface area contributed by atoms with E-state index in [1.54, 1.807) is 0 Å². The topological polar surface area (TPSA) is 141 Å². The number of aromatic nitrogens is 3. The van der Waals surface area contributed by atoms with E-state index in [4.69, 9.17) is 5.73 Å². The van der Waals surface area contributed by atoms with Crippen LogP contribution in [0.2, 0.25) is 0 Å². The Labute approximate surface area is 121 Å². The number of nitrogens with two attached hydrogens (primary N) is 1. The van der Waals surface area contributed by atoms with Crippen molar-refractivity contribution < 1.29 is 19.1 Å². The zero-order valence-electron chi connectivity index (χ0n) is 11.9. The molecular formula is C11H18N6O4. The minimum Gasteiger partial charge on any atom is -0.464 e. The van der Waals surface area contributed by atoms with Gasteiger partial charge in [-0.1, -0.05) is 5.21 Å². The third kappa shape index (κ3) is 4.53. The van der Waals surface area contributed by atoms with Gasteiger partial charge in [0, 0.05) is 19.9 Å². The largest absolute Gasteiger partial charge is 0.464 e. The van der Waals surface area contributed by atoms with Gasteiger partial charge in [-0.25, -0.2) is 14.3 Å². The molecule has 1 heterocycles. The molecule has 10 heteroatoms. The van der Waals surface area contributed by atoms with Crippen LogP contribution in [-0.2, 0) is 22.5 Å². The van der Waals surface area contributed by atoms with Gasteiger partial charge < -0.3 is 15.8 Å². The Morgan fingerprint density at radius 3 is 2.67 bits per heavy atom. The quantitative estimate of drug-likeness (QED) is 0.537. The van der Waals surface area contributed by atoms with Crippen LogP contribution in [0.1, 0.15) is 22.6 Å². The van der Waals surface area contributed by atoms with E-state index in [-0.39, 0.29) is 18.7 Å². The molecular weight excluding hydrogens is 280 g/mol. The van der Waals surface area contributed by atoms with E-state index in [0.717, 1.165) is 0 Å². The maximum Gasteiger partial charge on any atom is 0.360 e. The fourth-order valence-electron chi connectivity index (χ4n) is 1.61. The predicted octanol–water partition coefficient (Wildman–Crippen LogP) is -1.59. The van der Waals surface area contributed by atoms with Crippen LogP contribution in [0.4, 0.5) is 4.79 Å². The van der Waals surface area contributed by atoms with Crippen LogP contribution in [0.5, 0.6) is 0 Å². The molecule has 1 aromatic heterocycles. The molecule has 1 rings (SSSR count). The molecule has 0 saturated carbocycles. The summed E-state index contributed by atoms with van der Waals surface area (Å²) in [7, 11) is 2.65. The molecule has 0 fully saturated rings. The average molecular weight is 298 g/mol. The Kier molecular flexibility index (Phi) is 6.27. The van der Waals surface area contributed by atoms with Gasteiger partial charge in [0.2, 0.25) is 5.91 Å². The van der Waals surface area contributed by atoms with Gasteiger partial charge in [-0.15, -0.1) is 5.10 Å². The Bertz CT molecular complexity index is 527. The van der Waals surface area contributed by atoms with Gasteiger partial charge in [0.05, 0.1) is 19.3 Å². The first-order chi connectivity index (χ1) is 10.0. The van der Waals surface area contributed by atoms with Crippen molar-refractivity contribution in [2.45, 2.75) is 19.4 Å². The van der Waals surface area contributed by atoms with Crippen molar-refractivity contribution >= 4 is 17.9 Å². The number of imide groups is 1. The second-order valence-electron chi connectivity index (χ2n) is 4.02. The molecule has 0 radical (unpaired) electrons. The van der Waals surface area contributed by atoms with Crippen LogP contribution in [-0.4, -0.2) is 53.6 Å². The van der Waals surface area contributed by atoms with Crippen molar-refractivity contribution in [2.75, 3.05) is 20.7 Å². The molecule has 0 aliphatic heterocycles. The fourth-order valence-corrected chi connectivity index (χ4v) is 1.61. The van der Waals surface area contributed by atoms with E-state index < -0.39 is 17.9 Å². The van der Waals surface area contributed by atoms with Crippen molar-refractivity contribution in [3.8, 4) is 0 Å². The van der Waals surface area contributed by atoms with E-state index in [1.165, 1.54) is 18.8 Å². The maximum atomic E-state index is 11.5. The van der Waals surface area contributed by atoms with E-state index in [9.17, 15) is 14.4 Å². The highest BCUT2D eigenvalue weighted by atomic mass is 16.5. The van der Waals surface area contributed by atoms with E-state index in [2.05, 4.69) is 25.7 Å². The normalized spacial score (nSPS) is 10.0. The third-order valence-electron chi connectivity index (χ3n) is 2.63. The monoisotopic (exact) mass is 298 g/mol. The van der Waals surface area contributed by atoms with Crippen molar-refractivity contribution in [2.24, 2.45) is 5.73 Å². The summed E-state index contributed by atoms with van der Waals surface area (Å²) in [6.07, 6.45) is 0.378. The maximum absolute atomic E-state index is 11.5. The molecule has 0 aliphatic carbocycles. The van der Waals surface area contributed by atoms with Crippen molar-refractivity contribution in [1.82, 2.24) is 25.6 Å². The van der Waals surface area contributed by atoms with Crippen molar-refractivity contribution in [1.29, 1.82) is 0 Å². The summed E-state index contributed by atoms with van der Waals surface area (Å²) >= 11 is 0. The first-order valence-electron chi connectivity index (χ1n) is 6.25. The number of esters is 1. The summed E-state index contributed by atoms with van der Waals surface area (Å²) in [6.45, 7) is 0.462. The first kappa shape index (κ1) is 16.6. The number of hydrogen-bond donors (Lipinski definition) is 3. The summed E-state index contributed by atoms with van der Waals surface area (Å²) in [5, 5.41) is 11.9. The summed E-state index contributed by atoms with van der Waals surface area (Å²) in [4.78, 5) is 34.0. The molecule has 0 unspecified atom stereocenters. The van der Waals surface area contributed by atoms with Crippen molar-refractivity contribution in [3.05, 3.63) is 11.4 Å². The molecule has 0 saturated heterocycles. The first-order valence-corrected chi connectivity index (χ1v) is 6.25. The summed E-state index contributed by atoms with van der Waals surface area (Å²) in [5.41, 5.74) is 6.06. The number of hydrogen-bond acceptors (Lipinski definition) is 7. The van der Waals surface area contributed by atoms with Gasteiger partial charge in [0.15, 0.2) is 5.69 Å². The van der Waals surface area contributed by atoms with Gasteiger partial charge in [-0.3, -0.25) is 10.1 Å². The molecule has 116 valence electrons. The molecule has 1 aromatic rings. The minimum atomic E-state index is -0.612. The summed E-state index contributed by atoms with van der Waals surface area (Å²) in [6, 6.07) is -0.587. The zero-order chi connectivity index (χ0) is 15.8. The number of methoxy groups -OCH3 is 1. The predicted molar refractivity (Wildman–Crippen MR) is 71.3 cm³/mol. The Morgan fingerprint density at radius 1 is 1.38 bits per heavy atom. The van der Waals surface area contributed by atoms with Gasteiger partial charge >= 0.3 is 12.0 Å². The highest BCUT2D eigenvalue weighted by Gasteiger charge is 2.20. The second kappa shape index (κ2) is 7.94. The number of rotatable bonds is 6. The number of urea groups is 1. The molecule has 21 heavy (non-hydrogen) atoms. The van der Waals surface area contributed by atoms with Crippen LogP contribution in [0.3, 0.4) is 0 Å².